The number of urea groups is 1. The number of benzene rings is 1. The highest BCUT2D eigenvalue weighted by Crippen LogP contribution is 2.20. The van der Waals surface area contributed by atoms with E-state index in [1.54, 1.807) is 0 Å². The second kappa shape index (κ2) is 11.1. The molecule has 0 aromatic heterocycles. The summed E-state index contributed by atoms with van der Waals surface area (Å²) in [6.07, 6.45) is 3.95. The van der Waals surface area contributed by atoms with Gasteiger partial charge in [0.1, 0.15) is 0 Å². The van der Waals surface area contributed by atoms with Crippen molar-refractivity contribution in [3.63, 3.8) is 0 Å². The first-order chi connectivity index (χ1) is 15.6. The summed E-state index contributed by atoms with van der Waals surface area (Å²) in [5.41, 5.74) is 2.49. The lowest BCUT2D eigenvalue weighted by atomic mass is 9.97. The number of likely N-dealkylation sites (tertiary alicyclic amines) is 2. The summed E-state index contributed by atoms with van der Waals surface area (Å²) in [5, 5.41) is 3.17. The zero-order valence-corrected chi connectivity index (χ0v) is 19.6. The highest BCUT2D eigenvalue weighted by Gasteiger charge is 2.31. The van der Waals surface area contributed by atoms with Gasteiger partial charge in [-0.1, -0.05) is 31.2 Å². The lowest BCUT2D eigenvalue weighted by Gasteiger charge is -2.35. The molecular weight excluding hydrogens is 402 g/mol. The van der Waals surface area contributed by atoms with E-state index in [1.807, 2.05) is 9.80 Å². The number of hydrogen-bond donors (Lipinski definition) is 1. The van der Waals surface area contributed by atoms with Crippen molar-refractivity contribution in [2.75, 3.05) is 58.9 Å². The minimum absolute atomic E-state index is 0.0790. The number of likely N-dealkylation sites (N-methyl/N-ethyl adjacent to an activating group) is 1. The number of nitrogens with one attached hydrogen (secondary N) is 1. The summed E-state index contributed by atoms with van der Waals surface area (Å²) in [6, 6.07) is 8.57. The minimum Gasteiger partial charge on any atom is -0.352 e. The number of piperidine rings is 1. The average Bonchev–Trinajstić information content (AvgIpc) is 3.38. The van der Waals surface area contributed by atoms with Crippen LogP contribution in [0, 0.1) is 5.92 Å². The van der Waals surface area contributed by atoms with Crippen LogP contribution in [0.1, 0.15) is 43.7 Å². The molecule has 3 heterocycles. The Morgan fingerprint density at radius 1 is 0.875 bits per heavy atom. The molecule has 1 aromatic carbocycles. The van der Waals surface area contributed by atoms with Crippen molar-refractivity contribution < 1.29 is 9.59 Å². The van der Waals surface area contributed by atoms with Crippen molar-refractivity contribution in [3.05, 3.63) is 35.4 Å². The van der Waals surface area contributed by atoms with Crippen LogP contribution in [0.5, 0.6) is 0 Å². The quantitative estimate of drug-likeness (QED) is 0.736. The van der Waals surface area contributed by atoms with Gasteiger partial charge in [0, 0.05) is 65.4 Å². The summed E-state index contributed by atoms with van der Waals surface area (Å²) in [5.74, 6) is -0.0279. The molecule has 3 fully saturated rings. The number of nitrogens with zero attached hydrogens (tertiary/aromatic N) is 4. The Morgan fingerprint density at radius 2 is 1.53 bits per heavy atom. The molecule has 7 nitrogen and oxygen atoms in total. The highest BCUT2D eigenvalue weighted by molar-refractivity contribution is 5.81. The van der Waals surface area contributed by atoms with Crippen LogP contribution in [0.15, 0.2) is 24.3 Å². The molecule has 0 bridgehead atoms. The second-order valence-corrected chi connectivity index (χ2v) is 9.46. The van der Waals surface area contributed by atoms with Crippen molar-refractivity contribution in [2.24, 2.45) is 5.92 Å². The van der Waals surface area contributed by atoms with Gasteiger partial charge in [-0.15, -0.1) is 0 Å². The molecule has 1 aromatic rings. The van der Waals surface area contributed by atoms with Gasteiger partial charge in [-0.25, -0.2) is 4.79 Å². The van der Waals surface area contributed by atoms with E-state index in [-0.39, 0.29) is 17.9 Å². The van der Waals surface area contributed by atoms with E-state index >= 15 is 0 Å². The van der Waals surface area contributed by atoms with E-state index in [0.717, 1.165) is 84.6 Å². The van der Waals surface area contributed by atoms with Gasteiger partial charge >= 0.3 is 6.03 Å². The van der Waals surface area contributed by atoms with Crippen molar-refractivity contribution in [1.82, 2.24) is 24.9 Å². The Morgan fingerprint density at radius 3 is 2.25 bits per heavy atom. The van der Waals surface area contributed by atoms with Crippen LogP contribution in [0.25, 0.3) is 0 Å². The summed E-state index contributed by atoms with van der Waals surface area (Å²) >= 11 is 0. The van der Waals surface area contributed by atoms with Crippen LogP contribution < -0.4 is 5.32 Å². The summed E-state index contributed by atoms with van der Waals surface area (Å²) in [4.78, 5) is 34.5. The molecule has 0 saturated carbocycles. The summed E-state index contributed by atoms with van der Waals surface area (Å²) in [6.45, 7) is 12.3. The first kappa shape index (κ1) is 23.1. The fourth-order valence-corrected chi connectivity index (χ4v) is 5.19. The second-order valence-electron chi connectivity index (χ2n) is 9.46. The van der Waals surface area contributed by atoms with E-state index in [9.17, 15) is 9.59 Å². The Balaban J connectivity index is 1.28. The van der Waals surface area contributed by atoms with Gasteiger partial charge in [-0.2, -0.15) is 0 Å². The van der Waals surface area contributed by atoms with Gasteiger partial charge in [0.05, 0.1) is 5.92 Å². The Labute approximate surface area is 192 Å². The lowest BCUT2D eigenvalue weighted by molar-refractivity contribution is -0.126. The maximum Gasteiger partial charge on any atom is 0.320 e. The largest absolute Gasteiger partial charge is 0.352 e. The number of hydrogen-bond acceptors (Lipinski definition) is 4. The molecule has 0 radical (unpaired) electrons. The highest BCUT2D eigenvalue weighted by atomic mass is 16.2. The van der Waals surface area contributed by atoms with Crippen LogP contribution >= 0.6 is 0 Å². The van der Waals surface area contributed by atoms with E-state index in [2.05, 4.69) is 46.3 Å². The molecular formula is C25H39N5O2. The molecule has 0 spiro atoms. The normalized spacial score (nSPS) is 22.8. The number of carbonyl (C=O) groups excluding carboxylic acids is 2. The predicted octanol–water partition coefficient (Wildman–Crippen LogP) is 2.37. The topological polar surface area (TPSA) is 59.1 Å². The Hall–Kier alpha value is -2.12. The summed E-state index contributed by atoms with van der Waals surface area (Å²) in [7, 11) is 0. The standard InChI is InChI=1S/C25H39N5O2/c1-2-27-14-16-28(17-15-27)19-22-9-4-3-8-21(22)18-26-24(31)23-10-7-13-30(20-23)25(32)29-11-5-6-12-29/h3-4,8-9,23H,2,5-7,10-20H2,1H3,(H,26,31). The van der Waals surface area contributed by atoms with Gasteiger partial charge in [-0.05, 0) is 43.4 Å². The number of carbonyl (C=O) groups is 2. The molecule has 32 heavy (non-hydrogen) atoms. The number of amides is 3. The first-order valence-electron chi connectivity index (χ1n) is 12.5. The molecule has 3 aliphatic rings. The fraction of sp³-hybridized carbons (Fsp3) is 0.680. The average molecular weight is 442 g/mol. The Kier molecular flexibility index (Phi) is 8.03. The van der Waals surface area contributed by atoms with Crippen LogP contribution in [0.2, 0.25) is 0 Å². The maximum atomic E-state index is 13.0. The number of piperazine rings is 1. The molecule has 3 saturated heterocycles. The van der Waals surface area contributed by atoms with E-state index in [4.69, 9.17) is 0 Å². The smallest absolute Gasteiger partial charge is 0.320 e. The van der Waals surface area contributed by atoms with Gasteiger partial charge in [-0.3, -0.25) is 9.69 Å². The van der Waals surface area contributed by atoms with Crippen molar-refractivity contribution in [3.8, 4) is 0 Å². The van der Waals surface area contributed by atoms with Crippen LogP contribution in [-0.2, 0) is 17.9 Å². The van der Waals surface area contributed by atoms with Gasteiger partial charge in [0.2, 0.25) is 5.91 Å². The van der Waals surface area contributed by atoms with Gasteiger partial charge in [0.25, 0.3) is 0 Å². The van der Waals surface area contributed by atoms with Crippen molar-refractivity contribution >= 4 is 11.9 Å². The number of rotatable bonds is 6. The zero-order chi connectivity index (χ0) is 22.3. The molecule has 3 amide bonds. The monoisotopic (exact) mass is 441 g/mol. The predicted molar refractivity (Wildman–Crippen MR) is 126 cm³/mol. The first-order valence-corrected chi connectivity index (χ1v) is 12.5. The fourth-order valence-electron chi connectivity index (χ4n) is 5.19. The summed E-state index contributed by atoms with van der Waals surface area (Å²) < 4.78 is 0. The van der Waals surface area contributed by atoms with E-state index in [0.29, 0.717) is 13.1 Å². The molecule has 1 atom stereocenters. The molecule has 1 unspecified atom stereocenters. The van der Waals surface area contributed by atoms with E-state index in [1.165, 1.54) is 11.1 Å². The van der Waals surface area contributed by atoms with Crippen LogP contribution in [0.3, 0.4) is 0 Å². The molecule has 0 aliphatic carbocycles. The van der Waals surface area contributed by atoms with Crippen LogP contribution in [-0.4, -0.2) is 90.4 Å². The van der Waals surface area contributed by atoms with Crippen LogP contribution in [0.4, 0.5) is 4.79 Å². The molecule has 4 rings (SSSR count). The third kappa shape index (κ3) is 5.81. The zero-order valence-electron chi connectivity index (χ0n) is 19.6. The molecule has 7 heteroatoms. The van der Waals surface area contributed by atoms with Crippen molar-refractivity contribution in [2.45, 2.75) is 45.7 Å². The molecule has 3 aliphatic heterocycles. The van der Waals surface area contributed by atoms with Gasteiger partial charge < -0.3 is 20.0 Å². The van der Waals surface area contributed by atoms with E-state index < -0.39 is 0 Å². The lowest BCUT2D eigenvalue weighted by Crippen LogP contribution is -2.49. The third-order valence-corrected chi connectivity index (χ3v) is 7.32. The van der Waals surface area contributed by atoms with Gasteiger partial charge in [0.15, 0.2) is 0 Å². The Bertz CT molecular complexity index is 771. The molecule has 176 valence electrons. The maximum absolute atomic E-state index is 13.0. The SMILES string of the molecule is CCN1CCN(Cc2ccccc2CNC(=O)C2CCCN(C(=O)N3CCCC3)C2)CC1. The van der Waals surface area contributed by atoms with Crippen molar-refractivity contribution in [1.29, 1.82) is 0 Å². The third-order valence-electron chi connectivity index (χ3n) is 7.32. The minimum atomic E-state index is -0.107. The molecule has 1 N–H and O–H groups in total.